The number of aromatic nitrogens is 1. The molecule has 0 atom stereocenters. The number of nitrogens with zero attached hydrogens (tertiary/aromatic N) is 2. The van der Waals surface area contributed by atoms with E-state index in [9.17, 15) is 13.2 Å². The normalized spacial score (nSPS) is 15.8. The zero-order valence-electron chi connectivity index (χ0n) is 14.8. The van der Waals surface area contributed by atoms with E-state index in [-0.39, 0.29) is 11.7 Å². The maximum atomic E-state index is 12.3. The molecule has 0 radical (unpaired) electrons. The summed E-state index contributed by atoms with van der Waals surface area (Å²) in [6.07, 6.45) is 6.10. The molecule has 1 aliphatic rings. The molecular formula is C19H23N3O3S. The van der Waals surface area contributed by atoms with E-state index >= 15 is 0 Å². The number of sulfonamides is 1. The predicted molar refractivity (Wildman–Crippen MR) is 103 cm³/mol. The number of pyridine rings is 1. The van der Waals surface area contributed by atoms with Crippen LogP contribution >= 0.6 is 0 Å². The fourth-order valence-corrected chi connectivity index (χ4v) is 4.60. The minimum Gasteiger partial charge on any atom is -0.326 e. The first-order valence-electron chi connectivity index (χ1n) is 8.75. The van der Waals surface area contributed by atoms with Crippen molar-refractivity contribution in [1.29, 1.82) is 0 Å². The smallest absolute Gasteiger partial charge is 0.235 e. The molecule has 0 spiro atoms. The molecule has 2 heterocycles. The summed E-state index contributed by atoms with van der Waals surface area (Å²) in [5.41, 5.74) is 3.29. The van der Waals surface area contributed by atoms with Gasteiger partial charge in [-0.25, -0.2) is 8.42 Å². The van der Waals surface area contributed by atoms with Crippen LogP contribution < -0.4 is 9.62 Å². The molecule has 0 unspecified atom stereocenters. The maximum Gasteiger partial charge on any atom is 0.235 e. The summed E-state index contributed by atoms with van der Waals surface area (Å²) in [6.45, 7) is 2.39. The Kier molecular flexibility index (Phi) is 5.56. The maximum absolute atomic E-state index is 12.3. The van der Waals surface area contributed by atoms with Crippen molar-refractivity contribution >= 4 is 27.3 Å². The number of hydrogen-bond acceptors (Lipinski definition) is 4. The Morgan fingerprint density at radius 3 is 2.85 bits per heavy atom. The number of aryl methyl sites for hydroxylation is 2. The van der Waals surface area contributed by atoms with Gasteiger partial charge in [-0.1, -0.05) is 12.1 Å². The van der Waals surface area contributed by atoms with Crippen LogP contribution in [0.2, 0.25) is 0 Å². The van der Waals surface area contributed by atoms with Gasteiger partial charge in [0.15, 0.2) is 0 Å². The third kappa shape index (κ3) is 4.40. The van der Waals surface area contributed by atoms with E-state index in [2.05, 4.69) is 10.3 Å². The lowest BCUT2D eigenvalue weighted by Crippen LogP contribution is -2.25. The summed E-state index contributed by atoms with van der Waals surface area (Å²) in [5.74, 6) is 0.107. The molecule has 6 nitrogen and oxygen atoms in total. The van der Waals surface area contributed by atoms with Crippen molar-refractivity contribution in [2.24, 2.45) is 0 Å². The highest BCUT2D eigenvalue weighted by atomic mass is 32.2. The van der Waals surface area contributed by atoms with E-state index in [4.69, 9.17) is 0 Å². The zero-order chi connectivity index (χ0) is 18.6. The monoisotopic (exact) mass is 373 g/mol. The first-order valence-corrected chi connectivity index (χ1v) is 10.4. The van der Waals surface area contributed by atoms with E-state index in [0.717, 1.165) is 24.0 Å². The molecule has 3 rings (SSSR count). The van der Waals surface area contributed by atoms with Crippen molar-refractivity contribution in [3.63, 3.8) is 0 Å². The molecule has 138 valence electrons. The van der Waals surface area contributed by atoms with Crippen LogP contribution in [0.4, 0.5) is 11.4 Å². The van der Waals surface area contributed by atoms with E-state index in [1.807, 2.05) is 31.3 Å². The predicted octanol–water partition coefficient (Wildman–Crippen LogP) is 2.89. The third-order valence-corrected chi connectivity index (χ3v) is 6.34. The van der Waals surface area contributed by atoms with Gasteiger partial charge in [-0.3, -0.25) is 14.1 Å². The van der Waals surface area contributed by atoms with Crippen LogP contribution in [0, 0.1) is 6.92 Å². The highest BCUT2D eigenvalue weighted by Gasteiger charge is 2.28. The SMILES string of the molecule is Cc1ccc(N2CCCS2(=O)=O)cc1NC(=O)CCCc1cccnc1. The van der Waals surface area contributed by atoms with Crippen molar-refractivity contribution in [2.45, 2.75) is 32.6 Å². The summed E-state index contributed by atoms with van der Waals surface area (Å²) in [4.78, 5) is 16.3. The number of carbonyl (C=O) groups is 1. The van der Waals surface area contributed by atoms with Crippen LogP contribution in [0.1, 0.15) is 30.4 Å². The van der Waals surface area contributed by atoms with Crippen molar-refractivity contribution in [3.8, 4) is 0 Å². The van der Waals surface area contributed by atoms with Crippen molar-refractivity contribution in [2.75, 3.05) is 21.9 Å². The lowest BCUT2D eigenvalue weighted by atomic mass is 10.1. The molecule has 2 aromatic rings. The second-order valence-electron chi connectivity index (χ2n) is 6.50. The lowest BCUT2D eigenvalue weighted by molar-refractivity contribution is -0.116. The van der Waals surface area contributed by atoms with Gasteiger partial charge in [-0.05, 0) is 55.5 Å². The third-order valence-electron chi connectivity index (χ3n) is 4.47. The molecular weight excluding hydrogens is 350 g/mol. The van der Waals surface area contributed by atoms with Gasteiger partial charge in [0.05, 0.1) is 11.4 Å². The van der Waals surface area contributed by atoms with Gasteiger partial charge in [0.1, 0.15) is 0 Å². The van der Waals surface area contributed by atoms with Gasteiger partial charge in [0.25, 0.3) is 0 Å². The highest BCUT2D eigenvalue weighted by molar-refractivity contribution is 7.93. The minimum atomic E-state index is -3.23. The van der Waals surface area contributed by atoms with Crippen LogP contribution in [-0.4, -0.2) is 31.6 Å². The van der Waals surface area contributed by atoms with Crippen LogP contribution in [0.5, 0.6) is 0 Å². The molecule has 0 aliphatic carbocycles. The second-order valence-corrected chi connectivity index (χ2v) is 8.52. The van der Waals surface area contributed by atoms with E-state index in [1.54, 1.807) is 18.3 Å². The first-order chi connectivity index (χ1) is 12.5. The number of hydrogen-bond donors (Lipinski definition) is 1. The lowest BCUT2D eigenvalue weighted by Gasteiger charge is -2.19. The van der Waals surface area contributed by atoms with E-state index in [1.165, 1.54) is 4.31 Å². The molecule has 1 aromatic heterocycles. The molecule has 1 N–H and O–H groups in total. The summed E-state index contributed by atoms with van der Waals surface area (Å²) in [6, 6.07) is 9.26. The molecule has 1 amide bonds. The number of benzene rings is 1. The Morgan fingerprint density at radius 1 is 1.31 bits per heavy atom. The van der Waals surface area contributed by atoms with Gasteiger partial charge in [0.2, 0.25) is 15.9 Å². The topological polar surface area (TPSA) is 79.4 Å². The number of amides is 1. The largest absolute Gasteiger partial charge is 0.326 e. The fraction of sp³-hybridized carbons (Fsp3) is 0.368. The molecule has 1 saturated heterocycles. The zero-order valence-corrected chi connectivity index (χ0v) is 15.6. The summed E-state index contributed by atoms with van der Waals surface area (Å²) in [5, 5.41) is 2.91. The Balaban J connectivity index is 1.62. The molecule has 1 aliphatic heterocycles. The molecule has 0 bridgehead atoms. The summed E-state index contributed by atoms with van der Waals surface area (Å²) >= 11 is 0. The van der Waals surface area contributed by atoms with Gasteiger partial charge in [-0.2, -0.15) is 0 Å². The Morgan fingerprint density at radius 2 is 2.15 bits per heavy atom. The van der Waals surface area contributed by atoms with Gasteiger partial charge >= 0.3 is 0 Å². The Hall–Kier alpha value is -2.41. The van der Waals surface area contributed by atoms with E-state index < -0.39 is 10.0 Å². The number of anilines is 2. The van der Waals surface area contributed by atoms with Crippen LogP contribution in [0.15, 0.2) is 42.7 Å². The van der Waals surface area contributed by atoms with Crippen molar-refractivity contribution in [1.82, 2.24) is 4.98 Å². The van der Waals surface area contributed by atoms with Crippen molar-refractivity contribution < 1.29 is 13.2 Å². The van der Waals surface area contributed by atoms with Gasteiger partial charge in [0, 0.05) is 31.0 Å². The minimum absolute atomic E-state index is 0.0709. The number of nitrogens with one attached hydrogen (secondary N) is 1. The van der Waals surface area contributed by atoms with Crippen LogP contribution in [-0.2, 0) is 21.2 Å². The average Bonchev–Trinajstić information content (AvgIpc) is 2.97. The summed E-state index contributed by atoms with van der Waals surface area (Å²) < 4.78 is 25.6. The van der Waals surface area contributed by atoms with Crippen LogP contribution in [0.25, 0.3) is 0 Å². The first kappa shape index (κ1) is 18.4. The van der Waals surface area contributed by atoms with Crippen molar-refractivity contribution in [3.05, 3.63) is 53.9 Å². The molecule has 1 fully saturated rings. The average molecular weight is 373 g/mol. The molecule has 0 saturated carbocycles. The van der Waals surface area contributed by atoms with Gasteiger partial charge < -0.3 is 5.32 Å². The quantitative estimate of drug-likeness (QED) is 0.844. The Labute approximate surface area is 154 Å². The summed E-state index contributed by atoms with van der Waals surface area (Å²) in [7, 11) is -3.23. The molecule has 1 aromatic carbocycles. The van der Waals surface area contributed by atoms with Crippen LogP contribution in [0.3, 0.4) is 0 Å². The highest BCUT2D eigenvalue weighted by Crippen LogP contribution is 2.28. The number of carbonyl (C=O) groups excluding carboxylic acids is 1. The molecule has 26 heavy (non-hydrogen) atoms. The van der Waals surface area contributed by atoms with Gasteiger partial charge in [-0.15, -0.1) is 0 Å². The fourth-order valence-electron chi connectivity index (χ4n) is 3.04. The molecule has 7 heteroatoms. The number of rotatable bonds is 6. The Bertz CT molecular complexity index is 882. The second kappa shape index (κ2) is 7.86. The standard InChI is InChI=1S/C19H23N3O3S/c1-15-8-9-17(22-11-4-12-26(22,24)25)13-18(15)21-19(23)7-2-5-16-6-3-10-20-14-16/h3,6,8-10,13-14H,2,4-5,7,11-12H2,1H3,(H,21,23). The van der Waals surface area contributed by atoms with E-state index in [0.29, 0.717) is 30.8 Å².